The molecule has 4 N–H and O–H groups in total. The Bertz CT molecular complexity index is 1150. The van der Waals surface area contributed by atoms with E-state index in [1.807, 2.05) is 72.8 Å². The predicted octanol–water partition coefficient (Wildman–Crippen LogP) is 4.52. The Hall–Kier alpha value is -3.75. The lowest BCUT2D eigenvalue weighted by molar-refractivity contribution is 0.113. The van der Waals surface area contributed by atoms with Crippen molar-refractivity contribution in [2.75, 3.05) is 13.3 Å². The Morgan fingerprint density at radius 1 is 0.973 bits per heavy atom. The van der Waals surface area contributed by atoms with E-state index in [-0.39, 0.29) is 25.3 Å². The smallest absolute Gasteiger partial charge is 0.404 e. The normalized spacial score (nSPS) is 14.7. The summed E-state index contributed by atoms with van der Waals surface area (Å²) in [5, 5.41) is 26.2. The molecule has 0 aromatic heterocycles. The van der Waals surface area contributed by atoms with E-state index in [1.165, 1.54) is 0 Å². The van der Waals surface area contributed by atoms with Crippen LogP contribution in [0.25, 0.3) is 0 Å². The molecule has 3 aromatic carbocycles. The zero-order valence-electron chi connectivity index (χ0n) is 21.1. The average Bonchev–Trinajstić information content (AvgIpc) is 3.36. The Morgan fingerprint density at radius 3 is 2.41 bits per heavy atom. The number of fused-ring (bicyclic) bond motifs is 1. The largest absolute Gasteiger partial charge is 0.489 e. The second kappa shape index (κ2) is 12.5. The molecule has 0 spiro atoms. The second-order valence-corrected chi connectivity index (χ2v) is 9.49. The molecular formula is C29H34N2O6. The van der Waals surface area contributed by atoms with Crippen molar-refractivity contribution in [2.24, 2.45) is 5.92 Å². The third-order valence-corrected chi connectivity index (χ3v) is 6.37. The number of aliphatic hydroxyl groups is 1. The summed E-state index contributed by atoms with van der Waals surface area (Å²) in [5.74, 6) is 2.36. The highest BCUT2D eigenvalue weighted by Gasteiger charge is 2.25. The van der Waals surface area contributed by atoms with Crippen molar-refractivity contribution in [3.63, 3.8) is 0 Å². The van der Waals surface area contributed by atoms with Gasteiger partial charge in [0.25, 0.3) is 0 Å². The molecule has 1 heterocycles. The average molecular weight is 507 g/mol. The van der Waals surface area contributed by atoms with Crippen molar-refractivity contribution in [1.29, 1.82) is 0 Å². The highest BCUT2D eigenvalue weighted by molar-refractivity contribution is 5.65. The van der Waals surface area contributed by atoms with Crippen LogP contribution in [-0.4, -0.2) is 41.8 Å². The van der Waals surface area contributed by atoms with Gasteiger partial charge in [-0.05, 0) is 53.3 Å². The van der Waals surface area contributed by atoms with E-state index in [9.17, 15) is 15.0 Å². The van der Waals surface area contributed by atoms with Gasteiger partial charge in [0.15, 0.2) is 11.5 Å². The van der Waals surface area contributed by atoms with Crippen molar-refractivity contribution in [1.82, 2.24) is 10.6 Å². The predicted molar refractivity (Wildman–Crippen MR) is 140 cm³/mol. The Balaban J connectivity index is 1.36. The van der Waals surface area contributed by atoms with Crippen molar-refractivity contribution in [3.05, 3.63) is 89.5 Å². The molecule has 1 unspecified atom stereocenters. The fourth-order valence-electron chi connectivity index (χ4n) is 4.39. The first-order valence-electron chi connectivity index (χ1n) is 12.4. The Labute approximate surface area is 217 Å². The molecule has 1 aliphatic heterocycles. The maximum absolute atomic E-state index is 11.5. The first-order valence-corrected chi connectivity index (χ1v) is 12.4. The lowest BCUT2D eigenvalue weighted by Crippen LogP contribution is -2.49. The van der Waals surface area contributed by atoms with E-state index >= 15 is 0 Å². The van der Waals surface area contributed by atoms with E-state index in [0.29, 0.717) is 24.5 Å². The monoisotopic (exact) mass is 506 g/mol. The van der Waals surface area contributed by atoms with Gasteiger partial charge in [-0.2, -0.15) is 0 Å². The highest BCUT2D eigenvalue weighted by Crippen LogP contribution is 2.35. The molecule has 37 heavy (non-hydrogen) atoms. The van der Waals surface area contributed by atoms with Crippen LogP contribution in [0, 0.1) is 5.92 Å². The number of rotatable bonds is 12. The zero-order valence-corrected chi connectivity index (χ0v) is 21.1. The van der Waals surface area contributed by atoms with E-state index < -0.39 is 18.2 Å². The molecule has 0 saturated carbocycles. The van der Waals surface area contributed by atoms with Crippen LogP contribution in [0.3, 0.4) is 0 Å². The van der Waals surface area contributed by atoms with Crippen LogP contribution in [0.15, 0.2) is 72.8 Å². The van der Waals surface area contributed by atoms with Gasteiger partial charge in [-0.15, -0.1) is 0 Å². The number of hydrogen-bond donors (Lipinski definition) is 4. The topological polar surface area (TPSA) is 109 Å². The molecule has 0 radical (unpaired) electrons. The van der Waals surface area contributed by atoms with Gasteiger partial charge in [-0.3, -0.25) is 0 Å². The van der Waals surface area contributed by atoms with Crippen molar-refractivity contribution in [3.8, 4) is 17.2 Å². The minimum atomic E-state index is -1.18. The summed E-state index contributed by atoms with van der Waals surface area (Å²) in [6.07, 6.45) is -1.78. The Morgan fingerprint density at radius 2 is 1.70 bits per heavy atom. The quantitative estimate of drug-likeness (QED) is 0.286. The SMILES string of the molecule is CC(C)C(NC[C@@H](O)[C@H](Cc1ccc(OCc2ccccc2)cc1)NC(=O)O)c1ccc2c(c1)OCO2. The summed E-state index contributed by atoms with van der Waals surface area (Å²) in [4.78, 5) is 11.5. The van der Waals surface area contributed by atoms with Crippen LogP contribution in [0.1, 0.15) is 36.6 Å². The first kappa shape index (κ1) is 26.3. The molecule has 1 aliphatic rings. The molecule has 3 aromatic rings. The van der Waals surface area contributed by atoms with Gasteiger partial charge in [0.05, 0.1) is 12.1 Å². The molecule has 0 saturated heterocycles. The van der Waals surface area contributed by atoms with Crippen LogP contribution in [0.4, 0.5) is 4.79 Å². The van der Waals surface area contributed by atoms with Gasteiger partial charge in [0.1, 0.15) is 12.4 Å². The van der Waals surface area contributed by atoms with Crippen LogP contribution in [0.2, 0.25) is 0 Å². The fraction of sp³-hybridized carbons (Fsp3) is 0.345. The zero-order chi connectivity index (χ0) is 26.2. The van der Waals surface area contributed by atoms with E-state index in [4.69, 9.17) is 14.2 Å². The summed E-state index contributed by atoms with van der Waals surface area (Å²) in [5.41, 5.74) is 2.98. The van der Waals surface area contributed by atoms with Gasteiger partial charge >= 0.3 is 6.09 Å². The summed E-state index contributed by atoms with van der Waals surface area (Å²) < 4.78 is 16.7. The van der Waals surface area contributed by atoms with Crippen LogP contribution in [-0.2, 0) is 13.0 Å². The molecule has 8 heteroatoms. The highest BCUT2D eigenvalue weighted by atomic mass is 16.7. The van der Waals surface area contributed by atoms with Gasteiger partial charge in [0, 0.05) is 12.6 Å². The standard InChI is InChI=1S/C29H34N2O6/c1-19(2)28(22-10-13-26-27(15-22)37-18-36-26)30-16-25(32)24(31-29(33)34)14-20-8-11-23(12-9-20)35-17-21-6-4-3-5-7-21/h3-13,15,19,24-25,28,30-32H,14,16-18H2,1-2H3,(H,33,34)/t24-,25+,28?/m0/s1. The van der Waals surface area contributed by atoms with Crippen LogP contribution >= 0.6 is 0 Å². The number of nitrogens with one attached hydrogen (secondary N) is 2. The number of aliphatic hydroxyl groups excluding tert-OH is 1. The number of benzene rings is 3. The molecule has 0 bridgehead atoms. The maximum atomic E-state index is 11.5. The number of ether oxygens (including phenoxy) is 3. The van der Waals surface area contributed by atoms with Gasteiger partial charge in [-0.1, -0.05) is 62.4 Å². The molecule has 3 atom stereocenters. The van der Waals surface area contributed by atoms with Crippen molar-refractivity contribution >= 4 is 6.09 Å². The summed E-state index contributed by atoms with van der Waals surface area (Å²) >= 11 is 0. The summed E-state index contributed by atoms with van der Waals surface area (Å²) in [6, 6.07) is 22.5. The third-order valence-electron chi connectivity index (χ3n) is 6.37. The van der Waals surface area contributed by atoms with Crippen LogP contribution in [0.5, 0.6) is 17.2 Å². The minimum Gasteiger partial charge on any atom is -0.489 e. The van der Waals surface area contributed by atoms with Gasteiger partial charge in [-0.25, -0.2) is 4.79 Å². The molecule has 196 valence electrons. The Kier molecular flexibility index (Phi) is 8.87. The van der Waals surface area contributed by atoms with Gasteiger partial charge in [0.2, 0.25) is 6.79 Å². The molecule has 8 nitrogen and oxygen atoms in total. The van der Waals surface area contributed by atoms with E-state index in [1.54, 1.807) is 0 Å². The molecular weight excluding hydrogens is 472 g/mol. The summed E-state index contributed by atoms with van der Waals surface area (Å²) in [6.45, 7) is 5.06. The number of hydrogen-bond acceptors (Lipinski definition) is 6. The first-order chi connectivity index (χ1) is 17.9. The number of amides is 1. The maximum Gasteiger partial charge on any atom is 0.404 e. The molecule has 0 aliphatic carbocycles. The number of carboxylic acid groups (broad SMARTS) is 1. The van der Waals surface area contributed by atoms with Gasteiger partial charge < -0.3 is 35.1 Å². The lowest BCUT2D eigenvalue weighted by atomic mass is 9.94. The lowest BCUT2D eigenvalue weighted by Gasteiger charge is -2.28. The molecule has 1 amide bonds. The molecule has 4 rings (SSSR count). The minimum absolute atomic E-state index is 0.0596. The van der Waals surface area contributed by atoms with Crippen molar-refractivity contribution < 1.29 is 29.2 Å². The van der Waals surface area contributed by atoms with E-state index in [0.717, 1.165) is 22.4 Å². The number of carbonyl (C=O) groups is 1. The van der Waals surface area contributed by atoms with E-state index in [2.05, 4.69) is 24.5 Å². The molecule has 0 fully saturated rings. The van der Waals surface area contributed by atoms with Crippen LogP contribution < -0.4 is 24.8 Å². The third kappa shape index (κ3) is 7.38. The second-order valence-electron chi connectivity index (χ2n) is 9.49. The van der Waals surface area contributed by atoms with Crippen molar-refractivity contribution in [2.45, 2.75) is 45.1 Å². The summed E-state index contributed by atoms with van der Waals surface area (Å²) in [7, 11) is 0. The fourth-order valence-corrected chi connectivity index (χ4v) is 4.39.